The fourth-order valence-corrected chi connectivity index (χ4v) is 4.81. The first-order chi connectivity index (χ1) is 26.6. The summed E-state index contributed by atoms with van der Waals surface area (Å²) in [5, 5.41) is 54.8. The van der Waals surface area contributed by atoms with E-state index in [1.807, 2.05) is 19.2 Å². The van der Waals surface area contributed by atoms with Gasteiger partial charge in [0.05, 0.1) is 57.0 Å². The zero-order chi connectivity index (χ0) is 45.3. The molecule has 1 atom stereocenters. The molecule has 0 aliphatic rings. The summed E-state index contributed by atoms with van der Waals surface area (Å²) in [5.74, 6) is -3.01. The van der Waals surface area contributed by atoms with Gasteiger partial charge in [-0.05, 0) is 67.4 Å². The van der Waals surface area contributed by atoms with Gasteiger partial charge in [-0.3, -0.25) is 40.5 Å². The molecule has 0 spiro atoms. The summed E-state index contributed by atoms with van der Waals surface area (Å²) in [5.41, 5.74) is -1.69. The normalized spacial score (nSPS) is 11.7. The molecule has 0 saturated heterocycles. The predicted octanol–water partition coefficient (Wildman–Crippen LogP) is 7.14. The summed E-state index contributed by atoms with van der Waals surface area (Å²) in [6.45, 7) is 6.62. The Morgan fingerprint density at radius 3 is 1.86 bits per heavy atom. The summed E-state index contributed by atoms with van der Waals surface area (Å²) in [4.78, 5) is 70.0. The molecule has 0 saturated carbocycles. The highest BCUT2D eigenvalue weighted by Gasteiger charge is 2.32. The first-order valence-electron chi connectivity index (χ1n) is 16.3. The topological polar surface area (TPSA) is 298 Å². The predicted molar refractivity (Wildman–Crippen MR) is 209 cm³/mol. The number of anilines is 1. The Bertz CT molecular complexity index is 1980. The Kier molecular flexibility index (Phi) is 21.9. The number of carboxylic acid groups (broad SMARTS) is 2. The van der Waals surface area contributed by atoms with Gasteiger partial charge in [0.1, 0.15) is 24.7 Å². The van der Waals surface area contributed by atoms with Crippen LogP contribution in [0.4, 0.5) is 35.9 Å². The zero-order valence-corrected chi connectivity index (χ0v) is 34.5. The van der Waals surface area contributed by atoms with Crippen molar-refractivity contribution >= 4 is 64.8 Å². The number of nitrogens with zero attached hydrogens (tertiary/aromatic N) is 3. The van der Waals surface area contributed by atoms with Gasteiger partial charge in [-0.25, -0.2) is 4.79 Å². The van der Waals surface area contributed by atoms with Gasteiger partial charge in [0, 0.05) is 29.8 Å². The average molecular weight is 888 g/mol. The van der Waals surface area contributed by atoms with Crippen molar-refractivity contribution in [2.24, 2.45) is 0 Å². The zero-order valence-electron chi connectivity index (χ0n) is 32.0. The van der Waals surface area contributed by atoms with Crippen LogP contribution >= 0.6 is 19.2 Å². The summed E-state index contributed by atoms with van der Waals surface area (Å²) in [6.07, 6.45) is 2.76. The molecular weight excluding hydrogens is 846 g/mol. The summed E-state index contributed by atoms with van der Waals surface area (Å²) >= 11 is 5.72. The highest BCUT2D eigenvalue weighted by atomic mass is 35.5. The van der Waals surface area contributed by atoms with Gasteiger partial charge < -0.3 is 34.6 Å². The summed E-state index contributed by atoms with van der Waals surface area (Å²) < 4.78 is 52.8. The van der Waals surface area contributed by atoms with E-state index in [-0.39, 0.29) is 39.6 Å². The molecule has 1 unspecified atom stereocenters. The number of nitro benzene ring substituents is 3. The molecule has 3 aromatic rings. The van der Waals surface area contributed by atoms with Crippen LogP contribution in [0.15, 0.2) is 42.5 Å². The van der Waals surface area contributed by atoms with Gasteiger partial charge in [-0.1, -0.05) is 25.4 Å². The number of aryl methyl sites for hydroxylation is 1. The van der Waals surface area contributed by atoms with Crippen molar-refractivity contribution < 1.29 is 66.8 Å². The number of hydrogen-bond acceptors (Lipinski definition) is 13. The maximum atomic E-state index is 12.6. The molecule has 0 aliphatic carbocycles. The van der Waals surface area contributed by atoms with Crippen molar-refractivity contribution in [2.45, 2.75) is 52.8 Å². The maximum Gasteiger partial charge on any atom is 0.416 e. The quantitative estimate of drug-likeness (QED) is 0.0465. The largest absolute Gasteiger partial charge is 0.778 e. The highest BCUT2D eigenvalue weighted by molar-refractivity contribution is 7.94. The second kappa shape index (κ2) is 24.0. The molecule has 0 aromatic heterocycles. The molecule has 19 nitrogen and oxygen atoms in total. The van der Waals surface area contributed by atoms with Crippen LogP contribution in [0.1, 0.15) is 53.7 Å². The van der Waals surface area contributed by atoms with Crippen LogP contribution in [0.5, 0.6) is 11.5 Å². The van der Waals surface area contributed by atoms with Gasteiger partial charge in [0.25, 0.3) is 11.4 Å². The lowest BCUT2D eigenvalue weighted by Crippen LogP contribution is -2.25. The van der Waals surface area contributed by atoms with E-state index in [0.29, 0.717) is 28.1 Å². The van der Waals surface area contributed by atoms with E-state index in [2.05, 4.69) is 24.1 Å². The third-order valence-corrected chi connectivity index (χ3v) is 7.89. The van der Waals surface area contributed by atoms with Crippen LogP contribution in [0.2, 0.25) is 5.02 Å². The van der Waals surface area contributed by atoms with E-state index in [4.69, 9.17) is 31.4 Å². The van der Waals surface area contributed by atoms with Crippen molar-refractivity contribution in [3.8, 4) is 11.5 Å². The lowest BCUT2D eigenvalue weighted by Gasteiger charge is -2.17. The number of aromatic carboxylic acids is 1. The molecule has 0 radical (unpaired) electrons. The molecule has 5 N–H and O–H groups in total. The van der Waals surface area contributed by atoms with Crippen molar-refractivity contribution in [1.29, 1.82) is 0 Å². The summed E-state index contributed by atoms with van der Waals surface area (Å²) in [6, 6.07) is 6.61. The summed E-state index contributed by atoms with van der Waals surface area (Å²) in [7, 11) is -3.71. The third kappa shape index (κ3) is 18.9. The molecule has 0 fully saturated rings. The minimum absolute atomic E-state index is 0.0109. The number of rotatable bonds is 14. The SMILES string of the molecule is CCC(CC)Nc1c([N+](=O)[O-])cc(C)c(C)c1[N+](=O)[O-].C[S+](C)C.O=C(O)CNCP(=O)([O-])O.O=C(O)c1cc(Oc2ccc(C(F)(F)F)cc2Cl)ccc1[N+](=O)[O-]. The Balaban J connectivity index is 0.000000858. The highest BCUT2D eigenvalue weighted by Crippen LogP contribution is 2.40. The Morgan fingerprint density at radius 2 is 1.47 bits per heavy atom. The van der Waals surface area contributed by atoms with E-state index in [1.165, 1.54) is 6.07 Å². The second-order valence-corrected chi connectivity index (χ2v) is 16.5. The maximum absolute atomic E-state index is 12.6. The second-order valence-electron chi connectivity index (χ2n) is 12.1. The van der Waals surface area contributed by atoms with Crippen molar-refractivity contribution in [2.75, 3.05) is 36.9 Å². The number of nitro groups is 3. The van der Waals surface area contributed by atoms with Crippen LogP contribution in [0.25, 0.3) is 0 Å². The van der Waals surface area contributed by atoms with E-state index < -0.39 is 70.1 Å². The number of carbonyl (C=O) groups is 2. The fraction of sp³-hybridized carbons (Fsp3) is 0.394. The van der Waals surface area contributed by atoms with Crippen molar-refractivity contribution in [1.82, 2.24) is 5.32 Å². The molecule has 0 bridgehead atoms. The van der Waals surface area contributed by atoms with Gasteiger partial charge >= 0.3 is 23.8 Å². The van der Waals surface area contributed by atoms with Crippen LogP contribution in [0, 0.1) is 44.2 Å². The number of nitrogens with one attached hydrogen (secondary N) is 2. The number of hydrogen-bond donors (Lipinski definition) is 5. The number of alkyl halides is 3. The Labute approximate surface area is 337 Å². The number of aliphatic carboxylic acids is 1. The molecule has 3 aromatic carbocycles. The van der Waals surface area contributed by atoms with E-state index >= 15 is 0 Å². The molecule has 0 amide bonds. The lowest BCUT2D eigenvalue weighted by molar-refractivity contribution is -0.392. The average Bonchev–Trinajstić information content (AvgIpc) is 3.08. The first-order valence-corrected chi connectivity index (χ1v) is 20.9. The van der Waals surface area contributed by atoms with Gasteiger partial charge in [0.2, 0.25) is 0 Å². The fourth-order valence-electron chi connectivity index (χ4n) is 4.19. The van der Waals surface area contributed by atoms with Gasteiger partial charge in [0.15, 0.2) is 5.69 Å². The van der Waals surface area contributed by atoms with E-state index in [0.717, 1.165) is 43.2 Å². The van der Waals surface area contributed by atoms with E-state index in [9.17, 15) is 62.6 Å². The number of halogens is 4. The van der Waals surface area contributed by atoms with Gasteiger partial charge in [-0.2, -0.15) is 13.2 Å². The monoisotopic (exact) mass is 887 g/mol. The minimum Gasteiger partial charge on any atom is -0.778 e. The molecule has 0 aliphatic heterocycles. The molecule has 25 heteroatoms. The van der Waals surface area contributed by atoms with Crippen molar-refractivity contribution in [3.63, 3.8) is 0 Å². The molecule has 0 heterocycles. The molecule has 58 heavy (non-hydrogen) atoms. The van der Waals surface area contributed by atoms with Crippen molar-refractivity contribution in [3.05, 3.63) is 100 Å². The van der Waals surface area contributed by atoms with Crippen LogP contribution in [-0.2, 0) is 26.4 Å². The lowest BCUT2D eigenvalue weighted by atomic mass is 10.0. The first kappa shape index (κ1) is 52.9. The smallest absolute Gasteiger partial charge is 0.416 e. The number of benzene rings is 3. The van der Waals surface area contributed by atoms with Crippen LogP contribution in [-0.4, -0.2) is 79.5 Å². The molecular formula is C33H42ClF3N5O14PS. The Morgan fingerprint density at radius 1 is 0.931 bits per heavy atom. The third-order valence-electron chi connectivity index (χ3n) is 6.98. The van der Waals surface area contributed by atoms with Crippen LogP contribution < -0.4 is 20.3 Å². The van der Waals surface area contributed by atoms with Crippen LogP contribution in [0.3, 0.4) is 0 Å². The molecule has 3 rings (SSSR count). The Hall–Kier alpha value is -5.06. The number of carboxylic acids is 2. The minimum atomic E-state index is -4.58. The standard InChI is InChI=1S/C14H7ClF3NO5.C13H19N3O4.C3H8NO5P.C3H9S/c15-10-5-7(14(16,17)18)1-4-12(10)24-8-2-3-11(19(22)23)9(6-8)13(20)21;1-5-10(6-2)14-12-11(15(17)18)7-8(3)9(4)13(12)16(19)20;5-3(6)1-4-2-10(7,8)9;1-4(2)3/h1-6H,(H,20,21);7,10,14H,5-6H2,1-4H3;4H,1-2H2,(H,5,6)(H2,7,8,9);1-3H3/q;;;+1/p-1. The number of ether oxygens (including phenoxy) is 1. The molecule has 322 valence electrons. The van der Waals surface area contributed by atoms with E-state index in [1.54, 1.807) is 13.8 Å². The van der Waals surface area contributed by atoms with Gasteiger partial charge in [-0.15, -0.1) is 0 Å².